The fourth-order valence-electron chi connectivity index (χ4n) is 11.6. The molecule has 0 unspecified atom stereocenters. The second kappa shape index (κ2) is 27.4. The maximum absolute atomic E-state index is 14.3. The van der Waals surface area contributed by atoms with Gasteiger partial charge in [0.1, 0.15) is 59.7 Å². The average Bonchev–Trinajstić information content (AvgIpc) is 0.973. The summed E-state index contributed by atoms with van der Waals surface area (Å²) in [6.07, 6.45) is -6.38. The van der Waals surface area contributed by atoms with E-state index in [-0.39, 0.29) is 66.3 Å². The van der Waals surface area contributed by atoms with Crippen LogP contribution < -0.4 is 36.6 Å². The number of amides is 7. The van der Waals surface area contributed by atoms with E-state index in [1.807, 2.05) is 56.3 Å². The molecule has 8 rings (SSSR count). The highest BCUT2D eigenvalue weighted by Crippen LogP contribution is 2.52. The monoisotopic (exact) mass is 1200 g/mol. The third kappa shape index (κ3) is 14.3. The molecule has 4 aliphatic rings. The largest absolute Gasteiger partial charge is 0.507 e. The van der Waals surface area contributed by atoms with Crippen LogP contribution in [0.3, 0.4) is 0 Å². The number of ketones is 3. The molecule has 0 aromatic heterocycles. The second-order valence-electron chi connectivity index (χ2n) is 22.8. The summed E-state index contributed by atoms with van der Waals surface area (Å²) in [6.45, 7) is 5.91. The third-order valence-corrected chi connectivity index (χ3v) is 16.1. The Labute approximate surface area is 500 Å². The maximum atomic E-state index is 14.3. The quantitative estimate of drug-likeness (QED) is 0.0428. The van der Waals surface area contributed by atoms with Crippen molar-refractivity contribution in [2.24, 2.45) is 5.92 Å². The number of rotatable bonds is 22. The van der Waals surface area contributed by atoms with Crippen LogP contribution in [0.2, 0.25) is 0 Å². The predicted molar refractivity (Wildman–Crippen MR) is 309 cm³/mol. The van der Waals surface area contributed by atoms with E-state index in [9.17, 15) is 73.5 Å². The molecule has 2 aliphatic heterocycles. The van der Waals surface area contributed by atoms with E-state index < -0.39 is 168 Å². The van der Waals surface area contributed by atoms with Gasteiger partial charge in [-0.1, -0.05) is 80.6 Å². The molecule has 10 atom stereocenters. The van der Waals surface area contributed by atoms with E-state index in [0.29, 0.717) is 18.4 Å². The molecule has 2 fully saturated rings. The van der Waals surface area contributed by atoms with Gasteiger partial charge in [-0.05, 0) is 61.8 Å². The number of hydrogen-bond acceptors (Lipinski definition) is 18. The van der Waals surface area contributed by atoms with Crippen LogP contribution in [0.1, 0.15) is 121 Å². The molecule has 11 N–H and O–H groups in total. The Hall–Kier alpha value is -8.62. The number of benzene rings is 4. The van der Waals surface area contributed by atoms with Crippen LogP contribution in [0, 0.1) is 5.92 Å². The van der Waals surface area contributed by atoms with E-state index in [4.69, 9.17) is 14.2 Å². The van der Waals surface area contributed by atoms with Crippen LogP contribution in [-0.2, 0) is 60.7 Å². The standard InChI is InChI=1S/C62H73N7O18/c1-30(2)22-40(68-61(83)42-15-11-21-69(42)47(74)28-63-33(5)71)59(81)64-27-46(73)66-41(23-34-17-19-36(20-18-34)35-12-8-7-9-13-35)60(82)65-31(3)58(80)67-39-24-48(86-32(4)53(39)75)87-44-26-62(84,45(72)29-70)25-38-50(44)57(79)52-51(55(38)77)54(76)37-14-10-16-43(85-6)49(37)56(52)78/h7-10,12-14,16-20,30-32,39-42,44,48,53,70,75,77,79,84H,11,15,21-29H2,1-6H3,(H,63,71)(H,64,81)(H,65,82)(H,66,73)(H,67,80)(H,68,83)/t31-,32-,39-,40-,41-,42-,44-,48-,53+,62-/m0/s1. The van der Waals surface area contributed by atoms with Crippen molar-refractivity contribution < 1.29 is 87.7 Å². The van der Waals surface area contributed by atoms with Crippen LogP contribution in [0.25, 0.3) is 11.1 Å². The predicted octanol–water partition coefficient (Wildman–Crippen LogP) is 0.832. The molecular formula is C62H73N7O18. The Morgan fingerprint density at radius 1 is 0.793 bits per heavy atom. The van der Waals surface area contributed by atoms with Crippen molar-refractivity contribution in [2.75, 3.05) is 33.4 Å². The Morgan fingerprint density at radius 2 is 1.48 bits per heavy atom. The first-order valence-corrected chi connectivity index (χ1v) is 28.7. The van der Waals surface area contributed by atoms with Gasteiger partial charge in [0.15, 0.2) is 17.9 Å². The number of nitrogens with zero attached hydrogens (tertiary/aromatic N) is 1. The number of carbonyl (C=O) groups is 10. The lowest BCUT2D eigenvalue weighted by Gasteiger charge is -2.43. The van der Waals surface area contributed by atoms with Crippen molar-refractivity contribution in [3.05, 3.63) is 112 Å². The van der Waals surface area contributed by atoms with Gasteiger partial charge in [0.25, 0.3) is 0 Å². The number of methoxy groups -OCH3 is 1. The average molecular weight is 1200 g/mol. The molecule has 2 saturated heterocycles. The minimum atomic E-state index is -2.46. The molecule has 2 heterocycles. The molecule has 464 valence electrons. The van der Waals surface area contributed by atoms with Crippen LogP contribution in [-0.4, -0.2) is 177 Å². The first kappa shape index (κ1) is 64.4. The van der Waals surface area contributed by atoms with Crippen LogP contribution in [0.4, 0.5) is 0 Å². The minimum absolute atomic E-state index is 0.00691. The summed E-state index contributed by atoms with van der Waals surface area (Å²) in [5, 5.41) is 72.6. The smallest absolute Gasteiger partial charge is 0.243 e. The molecule has 0 spiro atoms. The minimum Gasteiger partial charge on any atom is -0.507 e. The maximum Gasteiger partial charge on any atom is 0.243 e. The third-order valence-electron chi connectivity index (χ3n) is 16.1. The SMILES string of the molecule is COc1cccc2c1C(=O)c1c(O)c3c(c(O)c1C2=O)C[C@@](O)(C(=O)CO)C[C@@H]3O[C@H]1C[C@H](NC(=O)[C@H](C)NC(=O)[C@H](Cc2ccc(-c3ccccc3)cc2)NC(=O)CNC(=O)[C@H](CC(C)C)NC(=O)[C@@H]2CCCN2C(=O)CNC(C)=O)[C@H](O)[C@H](C)O1. The number of aliphatic hydroxyl groups is 3. The lowest BCUT2D eigenvalue weighted by Crippen LogP contribution is -2.60. The molecule has 0 bridgehead atoms. The van der Waals surface area contributed by atoms with Gasteiger partial charge in [-0.15, -0.1) is 0 Å². The highest BCUT2D eigenvalue weighted by atomic mass is 16.7. The van der Waals surface area contributed by atoms with Crippen LogP contribution in [0.15, 0.2) is 72.8 Å². The lowest BCUT2D eigenvalue weighted by molar-refractivity contribution is -0.249. The number of phenols is 2. The van der Waals surface area contributed by atoms with E-state index in [1.54, 1.807) is 12.1 Å². The van der Waals surface area contributed by atoms with Crippen molar-refractivity contribution in [2.45, 2.75) is 140 Å². The summed E-state index contributed by atoms with van der Waals surface area (Å²) in [5.41, 5.74) is -2.19. The molecule has 25 heteroatoms. The lowest BCUT2D eigenvalue weighted by atomic mass is 9.72. The van der Waals surface area contributed by atoms with Gasteiger partial charge in [0, 0.05) is 55.8 Å². The number of fused-ring (bicyclic) bond motifs is 3. The molecule has 0 saturated carbocycles. The van der Waals surface area contributed by atoms with Gasteiger partial charge in [-0.25, -0.2) is 0 Å². The highest BCUT2D eigenvalue weighted by molar-refractivity contribution is 6.31. The highest BCUT2D eigenvalue weighted by Gasteiger charge is 2.51. The summed E-state index contributed by atoms with van der Waals surface area (Å²) in [5.74, 6) is -9.19. The topological polar surface area (TPSA) is 375 Å². The van der Waals surface area contributed by atoms with E-state index >= 15 is 0 Å². The van der Waals surface area contributed by atoms with Gasteiger partial charge in [-0.3, -0.25) is 47.9 Å². The molecule has 0 radical (unpaired) electrons. The summed E-state index contributed by atoms with van der Waals surface area (Å²) >= 11 is 0. The van der Waals surface area contributed by atoms with Gasteiger partial charge in [-0.2, -0.15) is 0 Å². The Bertz CT molecular complexity index is 3340. The van der Waals surface area contributed by atoms with Crippen molar-refractivity contribution in [1.29, 1.82) is 0 Å². The molecule has 7 amide bonds. The fraction of sp³-hybridized carbons (Fsp3) is 0.452. The van der Waals surface area contributed by atoms with E-state index in [1.165, 1.54) is 51.0 Å². The van der Waals surface area contributed by atoms with Gasteiger partial charge >= 0.3 is 0 Å². The normalized spacial score (nSPS) is 22.3. The number of carbonyl (C=O) groups excluding carboxylic acids is 10. The zero-order valence-corrected chi connectivity index (χ0v) is 49.0. The van der Waals surface area contributed by atoms with Crippen LogP contribution in [0.5, 0.6) is 17.2 Å². The molecular weight excluding hydrogens is 1130 g/mol. The Morgan fingerprint density at radius 3 is 2.15 bits per heavy atom. The number of Topliss-reactive ketones (excluding diaryl/α,β-unsaturated/α-hetero) is 1. The van der Waals surface area contributed by atoms with Crippen molar-refractivity contribution in [1.82, 2.24) is 36.8 Å². The number of phenolic OH excluding ortho intramolecular Hbond substituents is 2. The summed E-state index contributed by atoms with van der Waals surface area (Å²) in [4.78, 5) is 137. The molecule has 25 nitrogen and oxygen atoms in total. The number of nitrogens with one attached hydrogen (secondary N) is 6. The molecule has 87 heavy (non-hydrogen) atoms. The van der Waals surface area contributed by atoms with Crippen molar-refractivity contribution in [3.8, 4) is 28.4 Å². The van der Waals surface area contributed by atoms with Gasteiger partial charge in [0.05, 0.1) is 55.1 Å². The van der Waals surface area contributed by atoms with Gasteiger partial charge < -0.3 is 76.5 Å². The zero-order valence-electron chi connectivity index (χ0n) is 49.0. The molecule has 2 aliphatic carbocycles. The molecule has 4 aromatic rings. The zero-order chi connectivity index (χ0) is 63.2. The summed E-state index contributed by atoms with van der Waals surface area (Å²) in [7, 11) is 1.28. The van der Waals surface area contributed by atoms with Crippen molar-refractivity contribution in [3.63, 3.8) is 0 Å². The van der Waals surface area contributed by atoms with Crippen LogP contribution >= 0.6 is 0 Å². The van der Waals surface area contributed by atoms with Crippen molar-refractivity contribution >= 4 is 58.7 Å². The summed E-state index contributed by atoms with van der Waals surface area (Å²) in [6, 6.07) is 15.0. The second-order valence-corrected chi connectivity index (χ2v) is 22.8. The number of likely N-dealkylation sites (tertiary alicyclic amines) is 1. The molecule has 4 aromatic carbocycles. The van der Waals surface area contributed by atoms with E-state index in [2.05, 4.69) is 31.9 Å². The first-order valence-electron chi connectivity index (χ1n) is 28.7. The summed E-state index contributed by atoms with van der Waals surface area (Å²) < 4.78 is 17.7. The number of ether oxygens (including phenoxy) is 3. The Kier molecular flexibility index (Phi) is 20.3. The van der Waals surface area contributed by atoms with Gasteiger partial charge in [0.2, 0.25) is 47.1 Å². The fourth-order valence-corrected chi connectivity index (χ4v) is 11.6. The number of hydrogen-bond donors (Lipinski definition) is 11. The Balaban J connectivity index is 0.965. The number of aliphatic hydroxyl groups excluding tert-OH is 2. The van der Waals surface area contributed by atoms with E-state index in [0.717, 1.165) is 11.1 Å². The first-order chi connectivity index (χ1) is 41.3. The number of aromatic hydroxyl groups is 2.